The summed E-state index contributed by atoms with van der Waals surface area (Å²) in [5.41, 5.74) is 0. The molecule has 0 bridgehead atoms. The van der Waals surface area contributed by atoms with E-state index in [2.05, 4.69) is 35.8 Å². The van der Waals surface area contributed by atoms with Gasteiger partial charge in [-0.3, -0.25) is 0 Å². The average molecular weight is 204 g/mol. The largest absolute Gasteiger partial charge is 0.198 e. The molecule has 1 unspecified atom stereocenters. The maximum Gasteiger partial charge on any atom is 0.0664 e. The second-order valence-electron chi connectivity index (χ2n) is 2.95. The predicted molar refractivity (Wildman–Crippen MR) is 47.0 cm³/mol. The lowest BCUT2D eigenvalue weighted by molar-refractivity contribution is 0.512. The van der Waals surface area contributed by atoms with Crippen LogP contribution in [0.3, 0.4) is 0 Å². The van der Waals surface area contributed by atoms with Crippen LogP contribution in [0.2, 0.25) is 0 Å². The van der Waals surface area contributed by atoms with Crippen LogP contribution in [-0.4, -0.2) is 5.33 Å². The van der Waals surface area contributed by atoms with Crippen molar-refractivity contribution in [2.45, 2.75) is 26.7 Å². The highest BCUT2D eigenvalue weighted by Crippen LogP contribution is 2.12. The van der Waals surface area contributed by atoms with E-state index in [0.717, 1.165) is 24.1 Å². The Balaban J connectivity index is 3.38. The summed E-state index contributed by atoms with van der Waals surface area (Å²) < 4.78 is 0. The monoisotopic (exact) mass is 203 g/mol. The maximum absolute atomic E-state index is 8.56. The van der Waals surface area contributed by atoms with E-state index in [1.54, 1.807) is 0 Å². The van der Waals surface area contributed by atoms with E-state index in [4.69, 9.17) is 5.26 Å². The molecule has 0 aliphatic heterocycles. The van der Waals surface area contributed by atoms with Crippen molar-refractivity contribution >= 4 is 15.9 Å². The molecule has 0 saturated carbocycles. The van der Waals surface area contributed by atoms with Crippen molar-refractivity contribution in [1.82, 2.24) is 0 Å². The molecule has 1 atom stereocenters. The second kappa shape index (κ2) is 5.73. The molecule has 0 spiro atoms. The lowest BCUT2D eigenvalue weighted by Crippen LogP contribution is -2.00. The molecule has 0 heterocycles. The van der Waals surface area contributed by atoms with Gasteiger partial charge in [0.15, 0.2) is 0 Å². The molecule has 1 nitrogen and oxygen atoms in total. The van der Waals surface area contributed by atoms with E-state index in [1.807, 2.05) is 0 Å². The summed E-state index contributed by atoms with van der Waals surface area (Å²) >= 11 is 3.30. The zero-order chi connectivity index (χ0) is 7.98. The molecule has 0 aromatic heterocycles. The van der Waals surface area contributed by atoms with Gasteiger partial charge in [0.05, 0.1) is 12.0 Å². The number of nitriles is 1. The smallest absolute Gasteiger partial charge is 0.0664 e. The Morgan fingerprint density at radius 2 is 2.00 bits per heavy atom. The van der Waals surface area contributed by atoms with Gasteiger partial charge in [0.25, 0.3) is 0 Å². The Morgan fingerprint density at radius 3 is 2.30 bits per heavy atom. The molecule has 0 fully saturated rings. The molecule has 0 aromatic carbocycles. The summed E-state index contributed by atoms with van der Waals surface area (Å²) in [5, 5.41) is 9.37. The standard InChI is InChI=1S/C8H14BrN/c1-7(2)3-4-8(5-9)6-10/h7-8H,3-5H2,1-2H3. The Kier molecular flexibility index (Phi) is 5.71. The van der Waals surface area contributed by atoms with Crippen LogP contribution in [0.4, 0.5) is 0 Å². The zero-order valence-corrected chi connectivity index (χ0v) is 8.19. The highest BCUT2D eigenvalue weighted by Gasteiger charge is 2.05. The van der Waals surface area contributed by atoms with Gasteiger partial charge >= 0.3 is 0 Å². The summed E-state index contributed by atoms with van der Waals surface area (Å²) in [4.78, 5) is 0. The van der Waals surface area contributed by atoms with Crippen LogP contribution in [0.25, 0.3) is 0 Å². The van der Waals surface area contributed by atoms with Crippen molar-refractivity contribution in [3.05, 3.63) is 0 Å². The van der Waals surface area contributed by atoms with Crippen LogP contribution < -0.4 is 0 Å². The van der Waals surface area contributed by atoms with Gasteiger partial charge in [0, 0.05) is 5.33 Å². The SMILES string of the molecule is CC(C)CCC(C#N)CBr. The van der Waals surface area contributed by atoms with Crippen LogP contribution in [0.5, 0.6) is 0 Å². The first-order valence-electron chi connectivity index (χ1n) is 3.66. The minimum atomic E-state index is 0.211. The summed E-state index contributed by atoms with van der Waals surface area (Å²) in [6.45, 7) is 4.37. The van der Waals surface area contributed by atoms with E-state index >= 15 is 0 Å². The molecule has 0 rings (SSSR count). The molecule has 2 heteroatoms. The first kappa shape index (κ1) is 9.97. The first-order valence-corrected chi connectivity index (χ1v) is 4.78. The Bertz CT molecular complexity index is 115. The summed E-state index contributed by atoms with van der Waals surface area (Å²) in [6, 6.07) is 2.26. The third-order valence-electron chi connectivity index (χ3n) is 1.46. The molecule has 0 amide bonds. The number of nitrogens with zero attached hydrogens (tertiary/aromatic N) is 1. The van der Waals surface area contributed by atoms with Crippen LogP contribution >= 0.6 is 15.9 Å². The molecule has 0 aliphatic carbocycles. The van der Waals surface area contributed by atoms with Gasteiger partial charge in [-0.05, 0) is 18.8 Å². The van der Waals surface area contributed by atoms with E-state index < -0.39 is 0 Å². The number of halogens is 1. The Hall–Kier alpha value is -0.0300. The van der Waals surface area contributed by atoms with Crippen molar-refractivity contribution in [2.75, 3.05) is 5.33 Å². The molecule has 0 radical (unpaired) electrons. The Labute approximate surface area is 71.6 Å². The third-order valence-corrected chi connectivity index (χ3v) is 2.24. The van der Waals surface area contributed by atoms with Gasteiger partial charge in [-0.1, -0.05) is 29.8 Å². The predicted octanol–water partition coefficient (Wildman–Crippen LogP) is 2.96. The highest BCUT2D eigenvalue weighted by molar-refractivity contribution is 9.09. The van der Waals surface area contributed by atoms with Crippen LogP contribution in [0, 0.1) is 23.2 Å². The van der Waals surface area contributed by atoms with Crippen molar-refractivity contribution in [3.63, 3.8) is 0 Å². The minimum Gasteiger partial charge on any atom is -0.198 e. The van der Waals surface area contributed by atoms with Gasteiger partial charge in [-0.2, -0.15) is 5.26 Å². The van der Waals surface area contributed by atoms with Crippen molar-refractivity contribution in [3.8, 4) is 6.07 Å². The van der Waals surface area contributed by atoms with E-state index in [1.165, 1.54) is 0 Å². The molecule has 58 valence electrons. The molecular weight excluding hydrogens is 190 g/mol. The van der Waals surface area contributed by atoms with Crippen LogP contribution in [0.15, 0.2) is 0 Å². The summed E-state index contributed by atoms with van der Waals surface area (Å²) in [7, 11) is 0. The van der Waals surface area contributed by atoms with Gasteiger partial charge in [0.2, 0.25) is 0 Å². The quantitative estimate of drug-likeness (QED) is 0.646. The van der Waals surface area contributed by atoms with Gasteiger partial charge in [-0.15, -0.1) is 0 Å². The van der Waals surface area contributed by atoms with E-state index in [-0.39, 0.29) is 5.92 Å². The van der Waals surface area contributed by atoms with Crippen molar-refractivity contribution < 1.29 is 0 Å². The molecule has 0 saturated heterocycles. The summed E-state index contributed by atoms with van der Waals surface area (Å²) in [5.74, 6) is 0.928. The first-order chi connectivity index (χ1) is 4.70. The van der Waals surface area contributed by atoms with Crippen molar-refractivity contribution in [1.29, 1.82) is 5.26 Å². The topological polar surface area (TPSA) is 23.8 Å². The lowest BCUT2D eigenvalue weighted by Gasteiger charge is -2.06. The van der Waals surface area contributed by atoms with E-state index in [0.29, 0.717) is 0 Å². The number of hydrogen-bond donors (Lipinski definition) is 0. The fourth-order valence-electron chi connectivity index (χ4n) is 0.711. The number of rotatable bonds is 4. The Morgan fingerprint density at radius 1 is 1.40 bits per heavy atom. The van der Waals surface area contributed by atoms with Crippen molar-refractivity contribution in [2.24, 2.45) is 11.8 Å². The van der Waals surface area contributed by atoms with E-state index in [9.17, 15) is 0 Å². The fraction of sp³-hybridized carbons (Fsp3) is 0.875. The van der Waals surface area contributed by atoms with Crippen LogP contribution in [0.1, 0.15) is 26.7 Å². The highest BCUT2D eigenvalue weighted by atomic mass is 79.9. The number of alkyl halides is 1. The van der Waals surface area contributed by atoms with Gasteiger partial charge in [0.1, 0.15) is 0 Å². The normalized spacial score (nSPS) is 13.1. The lowest BCUT2D eigenvalue weighted by atomic mass is 10.0. The summed E-state index contributed by atoms with van der Waals surface area (Å²) in [6.07, 6.45) is 2.18. The molecular formula is C8H14BrN. The minimum absolute atomic E-state index is 0.211. The molecule has 10 heavy (non-hydrogen) atoms. The number of hydrogen-bond acceptors (Lipinski definition) is 1. The van der Waals surface area contributed by atoms with Gasteiger partial charge in [-0.25, -0.2) is 0 Å². The second-order valence-corrected chi connectivity index (χ2v) is 3.60. The zero-order valence-electron chi connectivity index (χ0n) is 6.60. The average Bonchev–Trinajstić information content (AvgIpc) is 1.90. The fourth-order valence-corrected chi connectivity index (χ4v) is 1.18. The van der Waals surface area contributed by atoms with Gasteiger partial charge < -0.3 is 0 Å². The third kappa shape index (κ3) is 4.81. The van der Waals surface area contributed by atoms with Crippen LogP contribution in [-0.2, 0) is 0 Å². The molecule has 0 N–H and O–H groups in total. The maximum atomic E-state index is 8.56. The molecule has 0 aromatic rings. The molecule has 0 aliphatic rings.